The lowest BCUT2D eigenvalue weighted by molar-refractivity contribution is -0.144. The zero-order chi connectivity index (χ0) is 23.2. The van der Waals surface area contributed by atoms with Crippen molar-refractivity contribution < 1.29 is 9.53 Å². The molecule has 1 amide bonds. The van der Waals surface area contributed by atoms with E-state index in [0.717, 1.165) is 43.4 Å². The first-order valence-electron chi connectivity index (χ1n) is 12.3. The summed E-state index contributed by atoms with van der Waals surface area (Å²) in [4.78, 5) is 36.2. The fraction of sp³-hybridized carbons (Fsp3) is 0.593. The molecule has 2 bridgehead atoms. The van der Waals surface area contributed by atoms with Crippen LogP contribution in [0.25, 0.3) is 0 Å². The molecule has 6 nitrogen and oxygen atoms in total. The fourth-order valence-corrected chi connectivity index (χ4v) is 6.67. The number of nitrogens with one attached hydrogen (secondary N) is 1. The van der Waals surface area contributed by atoms with E-state index in [1.807, 2.05) is 13.0 Å². The maximum atomic E-state index is 14.0. The minimum atomic E-state index is -0.240. The number of rotatable bonds is 4. The Morgan fingerprint density at radius 2 is 1.91 bits per heavy atom. The molecule has 3 aliphatic rings. The minimum Gasteiger partial charge on any atom is -0.376 e. The number of aryl methyl sites for hydroxylation is 1. The fourth-order valence-electron chi connectivity index (χ4n) is 6.67. The number of aromatic nitrogens is 2. The first-order valence-corrected chi connectivity index (χ1v) is 12.3. The molecular weight excluding hydrogens is 414 g/mol. The van der Waals surface area contributed by atoms with Crippen molar-refractivity contribution >= 4 is 5.91 Å². The second-order valence-corrected chi connectivity index (χ2v) is 11.0. The van der Waals surface area contributed by atoms with Gasteiger partial charge in [0.05, 0.1) is 11.3 Å². The van der Waals surface area contributed by atoms with Gasteiger partial charge in [-0.2, -0.15) is 0 Å². The molecule has 0 radical (unpaired) electrons. The van der Waals surface area contributed by atoms with Crippen molar-refractivity contribution in [3.63, 3.8) is 0 Å². The monoisotopic (exact) mass is 449 g/mol. The number of ether oxygens (including phenoxy) is 1. The maximum absolute atomic E-state index is 14.0. The van der Waals surface area contributed by atoms with Crippen molar-refractivity contribution in [3.05, 3.63) is 63.3 Å². The Hall–Kier alpha value is -2.47. The molecule has 4 heterocycles. The summed E-state index contributed by atoms with van der Waals surface area (Å²) in [5.41, 5.74) is 2.54. The molecule has 0 spiro atoms. The highest BCUT2D eigenvalue weighted by Gasteiger charge is 2.46. The normalized spacial score (nSPS) is 28.3. The van der Waals surface area contributed by atoms with Crippen LogP contribution >= 0.6 is 0 Å². The van der Waals surface area contributed by atoms with E-state index in [4.69, 9.17) is 4.74 Å². The van der Waals surface area contributed by atoms with Crippen LogP contribution in [0.3, 0.4) is 0 Å². The number of benzene rings is 1. The van der Waals surface area contributed by atoms with Crippen LogP contribution in [0.15, 0.2) is 35.1 Å². The summed E-state index contributed by atoms with van der Waals surface area (Å²) in [6.45, 7) is 6.80. The summed E-state index contributed by atoms with van der Waals surface area (Å²) in [6, 6.07) is 10.8. The number of carbonyl (C=O) groups is 1. The maximum Gasteiger partial charge on any atom is 0.254 e. The Morgan fingerprint density at radius 3 is 2.64 bits per heavy atom. The van der Waals surface area contributed by atoms with Crippen molar-refractivity contribution in [1.82, 2.24) is 14.9 Å². The molecule has 6 heteroatoms. The van der Waals surface area contributed by atoms with Crippen LogP contribution in [0.5, 0.6) is 0 Å². The molecule has 1 aromatic carbocycles. The number of amides is 1. The largest absolute Gasteiger partial charge is 0.376 e. The Labute approximate surface area is 195 Å². The Morgan fingerprint density at radius 1 is 1.18 bits per heavy atom. The van der Waals surface area contributed by atoms with E-state index in [2.05, 4.69) is 53.0 Å². The van der Waals surface area contributed by atoms with Gasteiger partial charge in [0.15, 0.2) is 0 Å². The van der Waals surface area contributed by atoms with E-state index in [1.54, 1.807) is 0 Å². The average Bonchev–Trinajstić information content (AvgIpc) is 3.03. The van der Waals surface area contributed by atoms with Crippen LogP contribution in [0, 0.1) is 12.3 Å². The number of hydrogen-bond donors (Lipinski definition) is 1. The molecule has 2 fully saturated rings. The predicted molar refractivity (Wildman–Crippen MR) is 127 cm³/mol. The van der Waals surface area contributed by atoms with Gasteiger partial charge < -0.3 is 14.6 Å². The van der Waals surface area contributed by atoms with Crippen LogP contribution in [0.2, 0.25) is 0 Å². The number of H-pyrrole nitrogens is 1. The molecule has 2 saturated heterocycles. The van der Waals surface area contributed by atoms with Gasteiger partial charge in [0.2, 0.25) is 5.91 Å². The third kappa shape index (κ3) is 4.50. The van der Waals surface area contributed by atoms with E-state index < -0.39 is 0 Å². The van der Waals surface area contributed by atoms with E-state index in [0.29, 0.717) is 31.7 Å². The van der Waals surface area contributed by atoms with E-state index in [9.17, 15) is 9.59 Å². The molecule has 3 aliphatic heterocycles. The number of nitrogens with zero attached hydrogens (tertiary/aromatic N) is 2. The summed E-state index contributed by atoms with van der Waals surface area (Å²) >= 11 is 0. The van der Waals surface area contributed by atoms with Crippen LogP contribution in [-0.2, 0) is 28.8 Å². The molecule has 2 aromatic rings. The van der Waals surface area contributed by atoms with Gasteiger partial charge in [0.25, 0.3) is 5.56 Å². The Bertz CT molecular complexity index is 1090. The SMILES string of the molecule is Cc1nc2c(c(=O)[nH]1)C[C@@H]1CC[C@H](C2)N1C(=O)C[C@]1(Cc2ccccc2)CCOC(C)(C)C1. The second-order valence-electron chi connectivity index (χ2n) is 11.0. The lowest BCUT2D eigenvalue weighted by atomic mass is 9.68. The zero-order valence-electron chi connectivity index (χ0n) is 20.0. The van der Waals surface area contributed by atoms with E-state index in [-0.39, 0.29) is 34.6 Å². The smallest absolute Gasteiger partial charge is 0.254 e. The number of fused-ring (bicyclic) bond motifs is 3. The van der Waals surface area contributed by atoms with Crippen molar-refractivity contribution in [2.75, 3.05) is 6.61 Å². The van der Waals surface area contributed by atoms with Gasteiger partial charge in [-0.05, 0) is 63.9 Å². The number of aromatic amines is 1. The van der Waals surface area contributed by atoms with Crippen molar-refractivity contribution in [2.24, 2.45) is 5.41 Å². The van der Waals surface area contributed by atoms with Crippen molar-refractivity contribution in [3.8, 4) is 0 Å². The van der Waals surface area contributed by atoms with Gasteiger partial charge in [-0.25, -0.2) is 4.98 Å². The molecule has 176 valence electrons. The first-order chi connectivity index (χ1) is 15.7. The van der Waals surface area contributed by atoms with Crippen LogP contribution < -0.4 is 5.56 Å². The van der Waals surface area contributed by atoms with E-state index in [1.165, 1.54) is 5.56 Å². The lowest BCUT2D eigenvalue weighted by Crippen LogP contribution is -2.48. The van der Waals surface area contributed by atoms with Gasteiger partial charge in [0, 0.05) is 43.5 Å². The number of carbonyl (C=O) groups excluding carboxylic acids is 1. The summed E-state index contributed by atoms with van der Waals surface area (Å²) in [7, 11) is 0. The van der Waals surface area contributed by atoms with Gasteiger partial charge in [-0.1, -0.05) is 30.3 Å². The van der Waals surface area contributed by atoms with Crippen LogP contribution in [-0.4, -0.2) is 45.1 Å². The number of hydrogen-bond acceptors (Lipinski definition) is 4. The third-order valence-electron chi connectivity index (χ3n) is 7.87. The van der Waals surface area contributed by atoms with Gasteiger partial charge in [-0.15, -0.1) is 0 Å². The van der Waals surface area contributed by atoms with Gasteiger partial charge >= 0.3 is 0 Å². The molecular formula is C27H35N3O3. The van der Waals surface area contributed by atoms with Crippen molar-refractivity contribution in [2.45, 2.75) is 89.8 Å². The molecule has 0 saturated carbocycles. The van der Waals surface area contributed by atoms with E-state index >= 15 is 0 Å². The molecule has 33 heavy (non-hydrogen) atoms. The summed E-state index contributed by atoms with van der Waals surface area (Å²) < 4.78 is 6.06. The topological polar surface area (TPSA) is 75.3 Å². The molecule has 1 aromatic heterocycles. The highest BCUT2D eigenvalue weighted by Crippen LogP contribution is 2.45. The average molecular weight is 450 g/mol. The van der Waals surface area contributed by atoms with Gasteiger partial charge in [0.1, 0.15) is 5.82 Å². The minimum absolute atomic E-state index is 0.0378. The molecule has 5 rings (SSSR count). The Kier molecular flexibility index (Phi) is 5.68. The molecule has 1 N–H and O–H groups in total. The van der Waals surface area contributed by atoms with Crippen molar-refractivity contribution in [1.29, 1.82) is 0 Å². The Balaban J connectivity index is 1.42. The molecule has 0 aliphatic carbocycles. The zero-order valence-corrected chi connectivity index (χ0v) is 20.0. The molecule has 3 atom stereocenters. The quantitative estimate of drug-likeness (QED) is 0.772. The lowest BCUT2D eigenvalue weighted by Gasteiger charge is -2.46. The highest BCUT2D eigenvalue weighted by molar-refractivity contribution is 5.78. The predicted octanol–water partition coefficient (Wildman–Crippen LogP) is 3.74. The molecule has 0 unspecified atom stereocenters. The van der Waals surface area contributed by atoms with Crippen LogP contribution in [0.4, 0.5) is 0 Å². The van der Waals surface area contributed by atoms with Gasteiger partial charge in [-0.3, -0.25) is 9.59 Å². The highest BCUT2D eigenvalue weighted by atomic mass is 16.5. The second kappa shape index (κ2) is 8.39. The third-order valence-corrected chi connectivity index (χ3v) is 7.87. The first kappa shape index (κ1) is 22.3. The summed E-state index contributed by atoms with van der Waals surface area (Å²) in [5, 5.41) is 0. The summed E-state index contributed by atoms with van der Waals surface area (Å²) in [5.74, 6) is 0.887. The summed E-state index contributed by atoms with van der Waals surface area (Å²) in [6.07, 6.45) is 6.42. The standard InChI is InChI=1S/C27H35N3O3/c1-18-28-23-14-21-10-9-20(13-22(23)25(32)29-18)30(21)24(31)16-27(11-12-33-26(2,3)17-27)15-19-7-5-4-6-8-19/h4-8,20-21H,9-17H2,1-3H3,(H,28,29,32)/t20-,21+,27+/m0/s1. The van der Waals surface area contributed by atoms with Crippen LogP contribution in [0.1, 0.15) is 68.6 Å².